The number of nitrogens with zero attached hydrogens (tertiary/aromatic N) is 1. The standard InChI is InChI=1S/C6H3ClF3N/c7-5-4(8)1-3(2-11-5)6(9)10/h1-2,6H. The Morgan fingerprint density at radius 2 is 2.09 bits per heavy atom. The highest BCUT2D eigenvalue weighted by molar-refractivity contribution is 6.29. The van der Waals surface area contributed by atoms with E-state index in [1.165, 1.54) is 0 Å². The van der Waals surface area contributed by atoms with Crippen molar-refractivity contribution < 1.29 is 13.2 Å². The number of aromatic nitrogens is 1. The van der Waals surface area contributed by atoms with E-state index in [2.05, 4.69) is 4.98 Å². The minimum Gasteiger partial charge on any atom is -0.241 e. The van der Waals surface area contributed by atoms with Gasteiger partial charge in [-0.25, -0.2) is 18.2 Å². The van der Waals surface area contributed by atoms with Gasteiger partial charge in [0, 0.05) is 11.8 Å². The second-order valence-electron chi connectivity index (χ2n) is 1.84. The summed E-state index contributed by atoms with van der Waals surface area (Å²) in [6, 6.07) is 0.667. The summed E-state index contributed by atoms with van der Waals surface area (Å²) in [4.78, 5) is 3.21. The Hall–Kier alpha value is -0.770. The van der Waals surface area contributed by atoms with E-state index in [1.54, 1.807) is 0 Å². The van der Waals surface area contributed by atoms with Gasteiger partial charge in [0.05, 0.1) is 0 Å². The van der Waals surface area contributed by atoms with E-state index in [0.717, 1.165) is 6.20 Å². The Labute approximate surface area is 65.8 Å². The monoisotopic (exact) mass is 181 g/mol. The number of pyridine rings is 1. The SMILES string of the molecule is Fc1cc(C(F)F)cnc1Cl. The molecule has 1 rings (SSSR count). The molecule has 1 heterocycles. The molecule has 1 nitrogen and oxygen atoms in total. The zero-order valence-electron chi connectivity index (χ0n) is 5.19. The first-order valence-electron chi connectivity index (χ1n) is 2.70. The fourth-order valence-electron chi connectivity index (χ4n) is 0.555. The molecule has 0 unspecified atom stereocenters. The molecule has 0 bridgehead atoms. The van der Waals surface area contributed by atoms with Crippen molar-refractivity contribution in [1.29, 1.82) is 0 Å². The molecule has 0 radical (unpaired) electrons. The third-order valence-corrected chi connectivity index (χ3v) is 1.35. The van der Waals surface area contributed by atoms with Crippen LogP contribution in [0.1, 0.15) is 12.0 Å². The van der Waals surface area contributed by atoms with Crippen molar-refractivity contribution in [1.82, 2.24) is 4.98 Å². The van der Waals surface area contributed by atoms with Gasteiger partial charge in [0.2, 0.25) is 0 Å². The van der Waals surface area contributed by atoms with Gasteiger partial charge in [0.15, 0.2) is 11.0 Å². The highest BCUT2D eigenvalue weighted by Crippen LogP contribution is 2.20. The van der Waals surface area contributed by atoms with Crippen LogP contribution in [0, 0.1) is 5.82 Å². The van der Waals surface area contributed by atoms with Crippen LogP contribution in [0.25, 0.3) is 0 Å². The molecule has 60 valence electrons. The summed E-state index contributed by atoms with van der Waals surface area (Å²) >= 11 is 5.15. The zero-order valence-corrected chi connectivity index (χ0v) is 5.95. The van der Waals surface area contributed by atoms with Crippen molar-refractivity contribution in [2.45, 2.75) is 6.43 Å². The van der Waals surface area contributed by atoms with E-state index in [9.17, 15) is 13.2 Å². The predicted molar refractivity (Wildman–Crippen MR) is 34.2 cm³/mol. The van der Waals surface area contributed by atoms with E-state index in [-0.39, 0.29) is 0 Å². The van der Waals surface area contributed by atoms with Crippen molar-refractivity contribution in [3.8, 4) is 0 Å². The first-order valence-corrected chi connectivity index (χ1v) is 3.08. The smallest absolute Gasteiger partial charge is 0.241 e. The Morgan fingerprint density at radius 3 is 2.55 bits per heavy atom. The molecule has 0 atom stereocenters. The van der Waals surface area contributed by atoms with E-state index >= 15 is 0 Å². The molecule has 0 aliphatic rings. The van der Waals surface area contributed by atoms with E-state index < -0.39 is 23.0 Å². The molecule has 0 saturated heterocycles. The van der Waals surface area contributed by atoms with Gasteiger partial charge >= 0.3 is 0 Å². The maximum atomic E-state index is 12.4. The van der Waals surface area contributed by atoms with Crippen molar-refractivity contribution in [3.63, 3.8) is 0 Å². The highest BCUT2D eigenvalue weighted by Gasteiger charge is 2.10. The fourth-order valence-corrected chi connectivity index (χ4v) is 0.659. The van der Waals surface area contributed by atoms with Crippen LogP contribution in [0.15, 0.2) is 12.3 Å². The summed E-state index contributed by atoms with van der Waals surface area (Å²) in [5.74, 6) is -0.926. The van der Waals surface area contributed by atoms with E-state index in [1.807, 2.05) is 0 Å². The average molecular weight is 182 g/mol. The first-order chi connectivity index (χ1) is 5.11. The van der Waals surface area contributed by atoms with E-state index in [4.69, 9.17) is 11.6 Å². The molecular formula is C6H3ClF3N. The second kappa shape index (κ2) is 3.09. The van der Waals surface area contributed by atoms with Gasteiger partial charge in [-0.05, 0) is 6.07 Å². The van der Waals surface area contributed by atoms with Crippen LogP contribution < -0.4 is 0 Å². The van der Waals surface area contributed by atoms with Crippen molar-refractivity contribution in [2.75, 3.05) is 0 Å². The minimum absolute atomic E-state index is 0.394. The molecule has 0 aromatic carbocycles. The third-order valence-electron chi connectivity index (χ3n) is 1.07. The van der Waals surface area contributed by atoms with Gasteiger partial charge < -0.3 is 0 Å². The van der Waals surface area contributed by atoms with Gasteiger partial charge in [-0.15, -0.1) is 0 Å². The zero-order chi connectivity index (χ0) is 8.43. The molecule has 0 aliphatic heterocycles. The van der Waals surface area contributed by atoms with Crippen molar-refractivity contribution in [3.05, 3.63) is 28.8 Å². The van der Waals surface area contributed by atoms with Crippen LogP contribution in [0.5, 0.6) is 0 Å². The quantitative estimate of drug-likeness (QED) is 0.607. The lowest BCUT2D eigenvalue weighted by Gasteiger charge is -1.98. The van der Waals surface area contributed by atoms with Crippen LogP contribution in [0.2, 0.25) is 5.15 Å². The molecule has 11 heavy (non-hydrogen) atoms. The van der Waals surface area contributed by atoms with Crippen molar-refractivity contribution >= 4 is 11.6 Å². The molecule has 1 aromatic heterocycles. The highest BCUT2D eigenvalue weighted by atomic mass is 35.5. The predicted octanol–water partition coefficient (Wildman–Crippen LogP) is 2.81. The summed E-state index contributed by atoms with van der Waals surface area (Å²) in [5.41, 5.74) is -0.466. The molecule has 0 spiro atoms. The number of alkyl halides is 2. The lowest BCUT2D eigenvalue weighted by Crippen LogP contribution is -1.89. The van der Waals surface area contributed by atoms with Crippen molar-refractivity contribution in [2.24, 2.45) is 0 Å². The number of hydrogen-bond acceptors (Lipinski definition) is 1. The molecule has 0 aliphatic carbocycles. The number of rotatable bonds is 1. The van der Waals surface area contributed by atoms with Crippen LogP contribution in [-0.4, -0.2) is 4.98 Å². The molecular weight excluding hydrogens is 179 g/mol. The molecule has 0 saturated carbocycles. The lowest BCUT2D eigenvalue weighted by atomic mass is 10.3. The fraction of sp³-hybridized carbons (Fsp3) is 0.167. The summed E-state index contributed by atoms with van der Waals surface area (Å²) in [7, 11) is 0. The van der Waals surface area contributed by atoms with Crippen LogP contribution in [0.4, 0.5) is 13.2 Å². The Morgan fingerprint density at radius 1 is 1.45 bits per heavy atom. The molecule has 0 N–H and O–H groups in total. The minimum atomic E-state index is -2.71. The Kier molecular flexibility index (Phi) is 2.34. The largest absolute Gasteiger partial charge is 0.265 e. The summed E-state index contributed by atoms with van der Waals surface area (Å²) in [6.07, 6.45) is -1.87. The summed E-state index contributed by atoms with van der Waals surface area (Å²) < 4.78 is 36.1. The lowest BCUT2D eigenvalue weighted by molar-refractivity contribution is 0.150. The number of hydrogen-bond donors (Lipinski definition) is 0. The van der Waals surface area contributed by atoms with Crippen LogP contribution >= 0.6 is 11.6 Å². The summed E-state index contributed by atoms with van der Waals surface area (Å²) in [5, 5.41) is -0.394. The maximum absolute atomic E-state index is 12.4. The second-order valence-corrected chi connectivity index (χ2v) is 2.20. The molecule has 0 fully saturated rings. The van der Waals surface area contributed by atoms with Gasteiger partial charge in [-0.2, -0.15) is 0 Å². The Bertz CT molecular complexity index is 264. The van der Waals surface area contributed by atoms with E-state index in [0.29, 0.717) is 6.07 Å². The molecule has 5 heteroatoms. The normalized spacial score (nSPS) is 10.6. The topological polar surface area (TPSA) is 12.9 Å². The molecule has 0 amide bonds. The van der Waals surface area contributed by atoms with Gasteiger partial charge in [0.25, 0.3) is 6.43 Å². The van der Waals surface area contributed by atoms with Gasteiger partial charge in [-0.3, -0.25) is 0 Å². The van der Waals surface area contributed by atoms with Crippen LogP contribution in [0.3, 0.4) is 0 Å². The van der Waals surface area contributed by atoms with Crippen LogP contribution in [-0.2, 0) is 0 Å². The number of halogens is 4. The summed E-state index contributed by atoms with van der Waals surface area (Å²) in [6.45, 7) is 0. The third kappa shape index (κ3) is 1.83. The first kappa shape index (κ1) is 8.33. The van der Waals surface area contributed by atoms with Gasteiger partial charge in [-0.1, -0.05) is 11.6 Å². The van der Waals surface area contributed by atoms with Gasteiger partial charge in [0.1, 0.15) is 0 Å². The maximum Gasteiger partial charge on any atom is 0.265 e. The molecule has 1 aromatic rings. The average Bonchev–Trinajstić information content (AvgIpc) is 1.94. The Balaban J connectivity index is 3.05.